The van der Waals surface area contributed by atoms with Crippen molar-refractivity contribution in [2.75, 3.05) is 19.8 Å². The number of ether oxygens (including phenoxy) is 1. The van der Waals surface area contributed by atoms with Crippen LogP contribution in [0.25, 0.3) is 0 Å². The minimum absolute atomic E-state index is 0.350. The summed E-state index contributed by atoms with van der Waals surface area (Å²) < 4.78 is 5.20. The molecule has 1 aliphatic carbocycles. The summed E-state index contributed by atoms with van der Waals surface area (Å²) in [6.45, 7) is 1.96. The molecule has 0 aromatic heterocycles. The second-order valence-electron chi connectivity index (χ2n) is 4.81. The summed E-state index contributed by atoms with van der Waals surface area (Å²) in [5.41, 5.74) is -1.03. The maximum Gasteiger partial charge on any atom is 0.329 e. The van der Waals surface area contributed by atoms with Crippen LogP contribution in [0.15, 0.2) is 0 Å². The first-order chi connectivity index (χ1) is 8.12. The molecule has 0 radical (unpaired) electrons. The van der Waals surface area contributed by atoms with Crippen LogP contribution in [-0.2, 0) is 9.53 Å². The number of aliphatic carboxylic acids is 1. The molecule has 96 valence electrons. The second-order valence-corrected chi connectivity index (χ2v) is 4.81. The van der Waals surface area contributed by atoms with Crippen LogP contribution in [0.3, 0.4) is 0 Å². The van der Waals surface area contributed by atoms with Crippen LogP contribution in [0.5, 0.6) is 0 Å². The van der Waals surface area contributed by atoms with Gasteiger partial charge in [-0.1, -0.05) is 0 Å². The predicted octanol–water partition coefficient (Wildman–Crippen LogP) is 0.329. The van der Waals surface area contributed by atoms with Crippen LogP contribution >= 0.6 is 0 Å². The summed E-state index contributed by atoms with van der Waals surface area (Å²) in [7, 11) is 0. The Balaban J connectivity index is 1.74. The van der Waals surface area contributed by atoms with E-state index >= 15 is 0 Å². The monoisotopic (exact) mass is 242 g/mol. The summed E-state index contributed by atoms with van der Waals surface area (Å²) >= 11 is 0. The molecule has 1 saturated heterocycles. The normalized spacial score (nSPS) is 26.0. The van der Waals surface area contributed by atoms with Crippen LogP contribution in [0.1, 0.15) is 25.7 Å². The lowest BCUT2D eigenvalue weighted by Gasteiger charge is -2.38. The van der Waals surface area contributed by atoms with Gasteiger partial charge in [-0.05, 0) is 25.7 Å². The van der Waals surface area contributed by atoms with Gasteiger partial charge in [-0.15, -0.1) is 0 Å². The van der Waals surface area contributed by atoms with Crippen molar-refractivity contribution in [3.63, 3.8) is 0 Å². The zero-order chi connectivity index (χ0) is 12.3. The summed E-state index contributed by atoms with van der Waals surface area (Å²) in [6.07, 6.45) is 2.83. The molecule has 2 rings (SSSR count). The molecule has 1 aliphatic heterocycles. The van der Waals surface area contributed by atoms with Gasteiger partial charge in [0.25, 0.3) is 0 Å². The summed E-state index contributed by atoms with van der Waals surface area (Å²) in [5.74, 6) is -0.592. The molecule has 2 aliphatic rings. The fourth-order valence-electron chi connectivity index (χ4n) is 2.17. The van der Waals surface area contributed by atoms with Crippen molar-refractivity contribution in [3.05, 3.63) is 0 Å². The molecule has 0 aromatic carbocycles. The van der Waals surface area contributed by atoms with Gasteiger partial charge in [0.2, 0.25) is 0 Å². The molecule has 1 saturated carbocycles. The molecule has 2 amide bonds. The van der Waals surface area contributed by atoms with Crippen molar-refractivity contribution in [2.24, 2.45) is 5.92 Å². The van der Waals surface area contributed by atoms with Crippen molar-refractivity contribution >= 4 is 12.0 Å². The number of nitrogens with one attached hydrogen (secondary N) is 2. The van der Waals surface area contributed by atoms with Gasteiger partial charge in [0.15, 0.2) is 0 Å². The molecular formula is C11H18N2O4. The summed E-state index contributed by atoms with van der Waals surface area (Å²) in [6, 6.07) is -0.390. The molecular weight excluding hydrogens is 224 g/mol. The lowest BCUT2D eigenvalue weighted by molar-refractivity contribution is -0.148. The maximum absolute atomic E-state index is 11.6. The minimum atomic E-state index is -1.03. The van der Waals surface area contributed by atoms with Crippen molar-refractivity contribution in [2.45, 2.75) is 31.2 Å². The molecule has 1 heterocycles. The third-order valence-corrected chi connectivity index (χ3v) is 3.54. The molecule has 1 unspecified atom stereocenters. The molecule has 6 nitrogen and oxygen atoms in total. The van der Waals surface area contributed by atoms with Crippen molar-refractivity contribution in [3.8, 4) is 0 Å². The largest absolute Gasteiger partial charge is 0.480 e. The number of amides is 2. The summed E-state index contributed by atoms with van der Waals surface area (Å²) in [5, 5.41) is 14.3. The van der Waals surface area contributed by atoms with E-state index in [2.05, 4.69) is 10.6 Å². The van der Waals surface area contributed by atoms with Crippen molar-refractivity contribution in [1.29, 1.82) is 0 Å². The van der Waals surface area contributed by atoms with Crippen LogP contribution in [-0.4, -0.2) is 42.4 Å². The van der Waals surface area contributed by atoms with Gasteiger partial charge >= 0.3 is 12.0 Å². The van der Waals surface area contributed by atoms with Crippen molar-refractivity contribution in [1.82, 2.24) is 10.6 Å². The highest BCUT2D eigenvalue weighted by atomic mass is 16.5. The highest BCUT2D eigenvalue weighted by molar-refractivity contribution is 5.87. The number of carbonyl (C=O) groups excluding carboxylic acids is 1. The van der Waals surface area contributed by atoms with E-state index in [0.29, 0.717) is 31.9 Å². The third-order valence-electron chi connectivity index (χ3n) is 3.54. The Bertz CT molecular complexity index is 309. The number of hydrogen-bond donors (Lipinski definition) is 3. The fourth-order valence-corrected chi connectivity index (χ4v) is 2.17. The highest BCUT2D eigenvalue weighted by Gasteiger charge is 2.45. The number of carboxylic acids is 1. The van der Waals surface area contributed by atoms with E-state index < -0.39 is 11.5 Å². The molecule has 2 fully saturated rings. The van der Waals surface area contributed by atoms with E-state index in [4.69, 9.17) is 9.84 Å². The molecule has 0 bridgehead atoms. The van der Waals surface area contributed by atoms with Gasteiger partial charge in [-0.25, -0.2) is 9.59 Å². The van der Waals surface area contributed by atoms with Gasteiger partial charge in [-0.3, -0.25) is 0 Å². The van der Waals surface area contributed by atoms with E-state index in [0.717, 1.165) is 19.4 Å². The van der Waals surface area contributed by atoms with Gasteiger partial charge in [-0.2, -0.15) is 0 Å². The average Bonchev–Trinajstić information content (AvgIpc) is 2.72. The van der Waals surface area contributed by atoms with Gasteiger partial charge in [0.05, 0.1) is 6.61 Å². The van der Waals surface area contributed by atoms with Crippen LogP contribution in [0, 0.1) is 5.92 Å². The molecule has 0 spiro atoms. The number of hydrogen-bond acceptors (Lipinski definition) is 3. The standard InChI is InChI=1S/C11H18N2O4/c14-9(15)11(3-1-4-11)13-10(16)12-6-8-2-5-17-7-8/h8H,1-7H2,(H,14,15)(H2,12,13,16). The quantitative estimate of drug-likeness (QED) is 0.663. The Morgan fingerprint density at radius 1 is 1.41 bits per heavy atom. The van der Waals surface area contributed by atoms with Crippen LogP contribution < -0.4 is 10.6 Å². The smallest absolute Gasteiger partial charge is 0.329 e. The topological polar surface area (TPSA) is 87.7 Å². The molecule has 0 aromatic rings. The molecule has 1 atom stereocenters. The van der Waals surface area contributed by atoms with Gasteiger partial charge in [0.1, 0.15) is 5.54 Å². The Hall–Kier alpha value is -1.30. The number of carbonyl (C=O) groups is 2. The van der Waals surface area contributed by atoms with E-state index in [9.17, 15) is 9.59 Å². The summed E-state index contributed by atoms with van der Waals surface area (Å²) in [4.78, 5) is 22.6. The van der Waals surface area contributed by atoms with Crippen LogP contribution in [0.4, 0.5) is 4.79 Å². The molecule has 17 heavy (non-hydrogen) atoms. The van der Waals surface area contributed by atoms with Gasteiger partial charge in [0, 0.05) is 19.1 Å². The zero-order valence-corrected chi connectivity index (χ0v) is 9.70. The SMILES string of the molecule is O=C(NCC1CCOC1)NC1(C(=O)O)CCC1. The second kappa shape index (κ2) is 4.91. The van der Waals surface area contributed by atoms with Crippen molar-refractivity contribution < 1.29 is 19.4 Å². The first kappa shape index (κ1) is 12.2. The highest BCUT2D eigenvalue weighted by Crippen LogP contribution is 2.31. The fraction of sp³-hybridized carbons (Fsp3) is 0.818. The number of rotatable bonds is 4. The number of urea groups is 1. The first-order valence-electron chi connectivity index (χ1n) is 5.99. The Kier molecular flexibility index (Phi) is 3.51. The lowest BCUT2D eigenvalue weighted by Crippen LogP contribution is -2.61. The van der Waals surface area contributed by atoms with E-state index in [1.54, 1.807) is 0 Å². The van der Waals surface area contributed by atoms with E-state index in [-0.39, 0.29) is 6.03 Å². The zero-order valence-electron chi connectivity index (χ0n) is 9.70. The Morgan fingerprint density at radius 2 is 2.18 bits per heavy atom. The first-order valence-corrected chi connectivity index (χ1v) is 5.99. The average molecular weight is 242 g/mol. The Labute approximate surface area is 99.7 Å². The van der Waals surface area contributed by atoms with Crippen LogP contribution in [0.2, 0.25) is 0 Å². The Morgan fingerprint density at radius 3 is 2.65 bits per heavy atom. The molecule has 6 heteroatoms. The molecule has 3 N–H and O–H groups in total. The minimum Gasteiger partial charge on any atom is -0.480 e. The van der Waals surface area contributed by atoms with E-state index in [1.165, 1.54) is 0 Å². The van der Waals surface area contributed by atoms with Gasteiger partial charge < -0.3 is 20.5 Å². The lowest BCUT2D eigenvalue weighted by atomic mass is 9.77. The predicted molar refractivity (Wildman–Crippen MR) is 59.7 cm³/mol. The third kappa shape index (κ3) is 2.69. The maximum atomic E-state index is 11.6. The number of carboxylic acid groups (broad SMARTS) is 1. The van der Waals surface area contributed by atoms with E-state index in [1.807, 2.05) is 0 Å².